The van der Waals surface area contributed by atoms with Gasteiger partial charge in [-0.15, -0.1) is 5.10 Å². The fraction of sp³-hybridized carbons (Fsp3) is 0.500. The third-order valence-corrected chi connectivity index (χ3v) is 4.60. The van der Waals surface area contributed by atoms with Crippen molar-refractivity contribution in [3.8, 4) is 5.75 Å². The van der Waals surface area contributed by atoms with E-state index in [9.17, 15) is 8.78 Å². The van der Waals surface area contributed by atoms with E-state index >= 15 is 0 Å². The second-order valence-corrected chi connectivity index (χ2v) is 6.10. The molecule has 2 atom stereocenters. The molecule has 24 heavy (non-hydrogen) atoms. The van der Waals surface area contributed by atoms with E-state index in [0.29, 0.717) is 13.2 Å². The maximum absolute atomic E-state index is 12.6. The lowest BCUT2D eigenvalue weighted by atomic mass is 9.99. The number of para-hydroxylation sites is 1. The standard InChI is InChI=1S/C16H18F2N4O2/c17-16(18)24-14-4-2-1-3-11(14)8-21-6-5-15-13(9-21)22-12(10-23-15)7-19-20-22/h1-4,7,13,15-16H,5-6,8-10H2/t13-,15-/m0/s1. The lowest BCUT2D eigenvalue weighted by molar-refractivity contribution is -0.0679. The monoisotopic (exact) mass is 336 g/mol. The van der Waals surface area contributed by atoms with Crippen molar-refractivity contribution >= 4 is 0 Å². The summed E-state index contributed by atoms with van der Waals surface area (Å²) in [7, 11) is 0. The predicted octanol–water partition coefficient (Wildman–Crippen LogP) is 2.23. The van der Waals surface area contributed by atoms with Gasteiger partial charge in [0.15, 0.2) is 0 Å². The molecular formula is C16H18F2N4O2. The number of ether oxygens (including phenoxy) is 2. The van der Waals surface area contributed by atoms with Gasteiger partial charge < -0.3 is 9.47 Å². The summed E-state index contributed by atoms with van der Waals surface area (Å²) < 4.78 is 37.6. The number of fused-ring (bicyclic) bond motifs is 3. The van der Waals surface area contributed by atoms with Gasteiger partial charge in [-0.3, -0.25) is 4.90 Å². The van der Waals surface area contributed by atoms with Crippen LogP contribution in [0, 0.1) is 0 Å². The largest absolute Gasteiger partial charge is 0.434 e. The van der Waals surface area contributed by atoms with Crippen LogP contribution in [0.2, 0.25) is 0 Å². The third-order valence-electron chi connectivity index (χ3n) is 4.60. The Morgan fingerprint density at radius 1 is 1.33 bits per heavy atom. The summed E-state index contributed by atoms with van der Waals surface area (Å²) in [5.41, 5.74) is 1.73. The Labute approximate surface area is 138 Å². The number of piperidine rings is 1. The van der Waals surface area contributed by atoms with E-state index in [2.05, 4.69) is 19.9 Å². The Bertz CT molecular complexity index is 709. The van der Waals surface area contributed by atoms with Gasteiger partial charge in [0, 0.05) is 25.2 Å². The molecule has 6 nitrogen and oxygen atoms in total. The van der Waals surface area contributed by atoms with Crippen molar-refractivity contribution in [1.82, 2.24) is 19.9 Å². The van der Waals surface area contributed by atoms with Crippen LogP contribution < -0.4 is 4.74 Å². The van der Waals surface area contributed by atoms with E-state index in [1.54, 1.807) is 18.3 Å². The predicted molar refractivity (Wildman–Crippen MR) is 80.6 cm³/mol. The number of rotatable bonds is 4. The highest BCUT2D eigenvalue weighted by atomic mass is 19.3. The molecular weight excluding hydrogens is 318 g/mol. The van der Waals surface area contributed by atoms with Crippen LogP contribution in [-0.2, 0) is 17.9 Å². The average molecular weight is 336 g/mol. The van der Waals surface area contributed by atoms with Crippen LogP contribution in [0.5, 0.6) is 5.75 Å². The smallest absolute Gasteiger partial charge is 0.387 e. The summed E-state index contributed by atoms with van der Waals surface area (Å²) >= 11 is 0. The van der Waals surface area contributed by atoms with Crippen molar-refractivity contribution in [2.45, 2.75) is 38.3 Å². The van der Waals surface area contributed by atoms with Crippen LogP contribution in [0.4, 0.5) is 8.78 Å². The molecule has 0 unspecified atom stereocenters. The van der Waals surface area contributed by atoms with Crippen molar-refractivity contribution < 1.29 is 18.3 Å². The van der Waals surface area contributed by atoms with E-state index in [1.165, 1.54) is 0 Å². The Morgan fingerprint density at radius 3 is 3.08 bits per heavy atom. The van der Waals surface area contributed by atoms with Gasteiger partial charge in [0.1, 0.15) is 5.75 Å². The number of alkyl halides is 2. The topological polar surface area (TPSA) is 52.4 Å². The molecule has 0 aliphatic carbocycles. The molecule has 3 heterocycles. The normalized spacial score (nSPS) is 23.8. The summed E-state index contributed by atoms with van der Waals surface area (Å²) in [6, 6.07) is 7.03. The highest BCUT2D eigenvalue weighted by Gasteiger charge is 2.36. The van der Waals surface area contributed by atoms with Gasteiger partial charge in [-0.2, -0.15) is 8.78 Å². The highest BCUT2D eigenvalue weighted by molar-refractivity contribution is 5.33. The van der Waals surface area contributed by atoms with Gasteiger partial charge in [-0.1, -0.05) is 23.4 Å². The fourth-order valence-electron chi connectivity index (χ4n) is 3.47. The maximum Gasteiger partial charge on any atom is 0.387 e. The minimum absolute atomic E-state index is 0.105. The van der Waals surface area contributed by atoms with E-state index in [0.717, 1.165) is 30.8 Å². The van der Waals surface area contributed by atoms with Crippen molar-refractivity contribution in [2.24, 2.45) is 0 Å². The van der Waals surface area contributed by atoms with Crippen molar-refractivity contribution in [3.63, 3.8) is 0 Å². The molecule has 0 bridgehead atoms. The molecule has 0 spiro atoms. The molecule has 0 N–H and O–H groups in total. The summed E-state index contributed by atoms with van der Waals surface area (Å²) in [4.78, 5) is 2.22. The van der Waals surface area contributed by atoms with Gasteiger partial charge >= 0.3 is 6.61 Å². The zero-order valence-corrected chi connectivity index (χ0v) is 13.0. The van der Waals surface area contributed by atoms with E-state index < -0.39 is 6.61 Å². The number of hydrogen-bond acceptors (Lipinski definition) is 5. The molecule has 2 aliphatic heterocycles. The Kier molecular flexibility index (Phi) is 4.15. The molecule has 1 saturated heterocycles. The second kappa shape index (κ2) is 6.45. The number of nitrogens with zero attached hydrogens (tertiary/aromatic N) is 4. The van der Waals surface area contributed by atoms with Crippen LogP contribution in [0.15, 0.2) is 30.5 Å². The van der Waals surface area contributed by atoms with E-state index in [4.69, 9.17) is 4.74 Å². The lowest BCUT2D eigenvalue weighted by Gasteiger charge is -2.41. The van der Waals surface area contributed by atoms with Crippen molar-refractivity contribution in [1.29, 1.82) is 0 Å². The Hall–Kier alpha value is -2.06. The zero-order chi connectivity index (χ0) is 16.5. The van der Waals surface area contributed by atoms with Gasteiger partial charge in [0.2, 0.25) is 0 Å². The Balaban J connectivity index is 1.50. The zero-order valence-electron chi connectivity index (χ0n) is 13.0. The molecule has 1 aromatic carbocycles. The minimum atomic E-state index is -2.82. The van der Waals surface area contributed by atoms with Crippen LogP contribution in [0.25, 0.3) is 0 Å². The van der Waals surface area contributed by atoms with Crippen molar-refractivity contribution in [3.05, 3.63) is 41.7 Å². The highest BCUT2D eigenvalue weighted by Crippen LogP contribution is 2.31. The first kappa shape index (κ1) is 15.5. The molecule has 2 aliphatic rings. The first-order chi connectivity index (χ1) is 11.7. The fourth-order valence-corrected chi connectivity index (χ4v) is 3.47. The molecule has 8 heteroatoms. The number of aromatic nitrogens is 3. The summed E-state index contributed by atoms with van der Waals surface area (Å²) in [5, 5.41) is 8.14. The van der Waals surface area contributed by atoms with Crippen molar-refractivity contribution in [2.75, 3.05) is 13.1 Å². The molecule has 1 aromatic heterocycles. The summed E-state index contributed by atoms with van der Waals surface area (Å²) in [6.07, 6.45) is 2.73. The van der Waals surface area contributed by atoms with Gasteiger partial charge in [-0.25, -0.2) is 4.68 Å². The van der Waals surface area contributed by atoms with Crippen LogP contribution in [0.1, 0.15) is 23.7 Å². The van der Waals surface area contributed by atoms with Crippen LogP contribution in [-0.4, -0.2) is 45.7 Å². The lowest BCUT2D eigenvalue weighted by Crippen LogP contribution is -2.47. The van der Waals surface area contributed by atoms with Gasteiger partial charge in [0.05, 0.1) is 30.6 Å². The quantitative estimate of drug-likeness (QED) is 0.857. The van der Waals surface area contributed by atoms with E-state index in [-0.39, 0.29) is 17.9 Å². The number of halogens is 2. The van der Waals surface area contributed by atoms with Crippen LogP contribution in [0.3, 0.4) is 0 Å². The molecule has 4 rings (SSSR count). The molecule has 128 valence electrons. The van der Waals surface area contributed by atoms with Gasteiger partial charge in [0.25, 0.3) is 0 Å². The van der Waals surface area contributed by atoms with Crippen LogP contribution >= 0.6 is 0 Å². The number of likely N-dealkylation sites (tertiary alicyclic amines) is 1. The third kappa shape index (κ3) is 2.99. The van der Waals surface area contributed by atoms with E-state index in [1.807, 2.05) is 16.8 Å². The van der Waals surface area contributed by atoms with Gasteiger partial charge in [-0.05, 0) is 12.5 Å². The summed E-state index contributed by atoms with van der Waals surface area (Å²) in [5.74, 6) is 0.232. The molecule has 1 fully saturated rings. The average Bonchev–Trinajstić information content (AvgIpc) is 3.05. The molecule has 0 radical (unpaired) electrons. The molecule has 0 amide bonds. The SMILES string of the molecule is FC(F)Oc1ccccc1CN1CC[C@@H]2OCc3cnnn3[C@H]2C1. The minimum Gasteiger partial charge on any atom is -0.434 e. The molecule has 2 aromatic rings. The first-order valence-corrected chi connectivity index (χ1v) is 7.96. The second-order valence-electron chi connectivity index (χ2n) is 6.10. The molecule has 0 saturated carbocycles. The number of benzene rings is 1. The number of hydrogen-bond donors (Lipinski definition) is 0. The Morgan fingerprint density at radius 2 is 2.21 bits per heavy atom. The maximum atomic E-state index is 12.6. The first-order valence-electron chi connectivity index (χ1n) is 7.96. The summed E-state index contributed by atoms with van der Waals surface area (Å²) in [6.45, 7) is -0.144.